The fraction of sp³-hybridized carbons (Fsp3) is 0.417. The van der Waals surface area contributed by atoms with Crippen molar-refractivity contribution in [1.29, 1.82) is 0 Å². The highest BCUT2D eigenvalue weighted by Crippen LogP contribution is 2.20. The van der Waals surface area contributed by atoms with Crippen LogP contribution in [0, 0.1) is 0 Å². The number of rotatable bonds is 5. The van der Waals surface area contributed by atoms with Crippen LogP contribution in [0.4, 0.5) is 0 Å². The van der Waals surface area contributed by atoms with E-state index in [-0.39, 0.29) is 0 Å². The molecule has 1 rings (SSSR count). The first-order chi connectivity index (χ1) is 6.75. The number of carbonyl (C=O) groups is 1. The molecule has 1 atom stereocenters. The molecule has 0 N–H and O–H groups in total. The van der Waals surface area contributed by atoms with Gasteiger partial charge in [-0.25, -0.2) is 0 Å². The maximum Gasteiger partial charge on any atom is 0.0489 e. The third-order valence-corrected chi connectivity index (χ3v) is 2.33. The fourth-order valence-corrected chi connectivity index (χ4v) is 1.51. The predicted molar refractivity (Wildman–Crippen MR) is 53.7 cm³/mol. The van der Waals surface area contributed by atoms with E-state index in [0.717, 1.165) is 18.4 Å². The molecule has 0 bridgehead atoms. The van der Waals surface area contributed by atoms with E-state index in [1.807, 2.05) is 30.3 Å². The molecule has 1 unspecified atom stereocenters. The summed E-state index contributed by atoms with van der Waals surface area (Å²) in [5.74, 6) is -1.42. The highest BCUT2D eigenvalue weighted by Gasteiger charge is 2.10. The van der Waals surface area contributed by atoms with Gasteiger partial charge in [0.25, 0.3) is 0 Å². The third kappa shape index (κ3) is 2.87. The van der Waals surface area contributed by atoms with Crippen molar-refractivity contribution >= 4 is 5.97 Å². The molecule has 1 aromatic rings. The van der Waals surface area contributed by atoms with E-state index in [0.29, 0.717) is 6.42 Å². The maximum absolute atomic E-state index is 10.9. The van der Waals surface area contributed by atoms with Gasteiger partial charge in [0.2, 0.25) is 0 Å². The quantitative estimate of drug-likeness (QED) is 0.710. The second kappa shape index (κ2) is 5.43. The average Bonchev–Trinajstić information content (AvgIpc) is 2.19. The van der Waals surface area contributed by atoms with E-state index in [4.69, 9.17) is 0 Å². The summed E-state index contributed by atoms with van der Waals surface area (Å²) in [6.07, 6.45) is 2.60. The highest BCUT2D eigenvalue weighted by atomic mass is 16.4. The van der Waals surface area contributed by atoms with E-state index in [1.54, 1.807) is 0 Å². The lowest BCUT2D eigenvalue weighted by atomic mass is 9.94. The molecule has 2 heteroatoms. The van der Waals surface area contributed by atoms with Crippen LogP contribution in [0.1, 0.15) is 37.7 Å². The molecule has 2 nitrogen and oxygen atoms in total. The second-order valence-electron chi connectivity index (χ2n) is 3.42. The Morgan fingerprint density at radius 1 is 1.36 bits per heavy atom. The van der Waals surface area contributed by atoms with Crippen molar-refractivity contribution in [2.45, 2.75) is 32.1 Å². The molecule has 0 aromatic heterocycles. The molecule has 76 valence electrons. The van der Waals surface area contributed by atoms with Gasteiger partial charge in [-0.05, 0) is 12.0 Å². The van der Waals surface area contributed by atoms with Crippen LogP contribution in [-0.4, -0.2) is 5.97 Å². The lowest BCUT2D eigenvalue weighted by Gasteiger charge is -2.17. The molecule has 0 heterocycles. The van der Waals surface area contributed by atoms with Crippen LogP contribution in [0.15, 0.2) is 30.3 Å². The van der Waals surface area contributed by atoms with Crippen molar-refractivity contribution in [3.8, 4) is 0 Å². The number of aliphatic carboxylic acids is 1. The van der Waals surface area contributed by atoms with E-state index in [9.17, 15) is 9.90 Å². The Bertz CT molecular complexity index is 280. The van der Waals surface area contributed by atoms with Crippen LogP contribution in [0.25, 0.3) is 0 Å². The Kier molecular flexibility index (Phi) is 4.17. The van der Waals surface area contributed by atoms with Crippen LogP contribution < -0.4 is 5.11 Å². The Morgan fingerprint density at radius 3 is 2.50 bits per heavy atom. The minimum absolute atomic E-state index is 0.448. The van der Waals surface area contributed by atoms with Gasteiger partial charge in [-0.3, -0.25) is 0 Å². The normalized spacial score (nSPS) is 12.4. The van der Waals surface area contributed by atoms with Gasteiger partial charge >= 0.3 is 0 Å². The largest absolute Gasteiger partial charge is 0.549 e. The zero-order chi connectivity index (χ0) is 10.4. The molecule has 0 saturated carbocycles. The van der Waals surface area contributed by atoms with Crippen molar-refractivity contribution in [2.75, 3.05) is 0 Å². The second-order valence-corrected chi connectivity index (χ2v) is 3.42. The summed E-state index contributed by atoms with van der Waals surface area (Å²) in [5.41, 5.74) is 0.848. The van der Waals surface area contributed by atoms with Crippen LogP contribution >= 0.6 is 0 Å². The van der Waals surface area contributed by atoms with Crippen molar-refractivity contribution < 1.29 is 9.90 Å². The van der Waals surface area contributed by atoms with Gasteiger partial charge in [0, 0.05) is 11.9 Å². The number of carbonyl (C=O) groups excluding carboxylic acids is 1. The van der Waals surface area contributed by atoms with Crippen LogP contribution in [0.3, 0.4) is 0 Å². The number of hydrogen-bond donors (Lipinski definition) is 0. The third-order valence-electron chi connectivity index (χ3n) is 2.33. The maximum atomic E-state index is 10.9. The van der Waals surface area contributed by atoms with Gasteiger partial charge in [-0.2, -0.15) is 0 Å². The van der Waals surface area contributed by atoms with Crippen LogP contribution in [-0.2, 0) is 4.79 Å². The molecule has 0 aliphatic rings. The highest BCUT2D eigenvalue weighted by molar-refractivity contribution is 5.73. The summed E-state index contributed by atoms with van der Waals surface area (Å²) in [4.78, 5) is 10.9. The first kappa shape index (κ1) is 10.8. The minimum Gasteiger partial charge on any atom is -0.549 e. The molecule has 0 saturated heterocycles. The molecule has 0 aliphatic heterocycles. The summed E-state index contributed by atoms with van der Waals surface area (Å²) in [6.45, 7) is 2.05. The smallest absolute Gasteiger partial charge is 0.0489 e. The first-order valence-corrected chi connectivity index (χ1v) is 5.01. The molecule has 0 fully saturated rings. The zero-order valence-electron chi connectivity index (χ0n) is 8.40. The van der Waals surface area contributed by atoms with E-state index in [1.165, 1.54) is 0 Å². The monoisotopic (exact) mass is 191 g/mol. The van der Waals surface area contributed by atoms with Gasteiger partial charge in [-0.15, -0.1) is 0 Å². The molecular weight excluding hydrogens is 176 g/mol. The van der Waals surface area contributed by atoms with E-state index < -0.39 is 11.9 Å². The predicted octanol–water partition coefficient (Wildman–Crippen LogP) is 1.71. The van der Waals surface area contributed by atoms with E-state index in [2.05, 4.69) is 6.92 Å². The van der Waals surface area contributed by atoms with Crippen LogP contribution in [0.5, 0.6) is 0 Å². The van der Waals surface area contributed by atoms with Crippen molar-refractivity contribution in [1.82, 2.24) is 0 Å². The summed E-state index contributed by atoms with van der Waals surface area (Å²) in [5, 5.41) is 10.9. The number of carboxylic acids is 1. The summed E-state index contributed by atoms with van der Waals surface area (Å²) >= 11 is 0. The van der Waals surface area contributed by atoms with Gasteiger partial charge < -0.3 is 9.90 Å². The Labute approximate surface area is 84.6 Å². The molecule has 14 heavy (non-hydrogen) atoms. The number of hydrogen-bond acceptors (Lipinski definition) is 2. The number of carboxylic acid groups (broad SMARTS) is 1. The molecule has 1 aromatic carbocycles. The van der Waals surface area contributed by atoms with Gasteiger partial charge in [0.1, 0.15) is 0 Å². The first-order valence-electron chi connectivity index (χ1n) is 5.01. The van der Waals surface area contributed by atoms with Crippen LogP contribution in [0.2, 0.25) is 0 Å². The minimum atomic E-state index is -0.968. The number of unbranched alkanes of at least 4 members (excludes halogenated alkanes) is 1. The van der Waals surface area contributed by atoms with Gasteiger partial charge in [0.15, 0.2) is 0 Å². The zero-order valence-corrected chi connectivity index (χ0v) is 8.40. The van der Waals surface area contributed by atoms with Crippen molar-refractivity contribution in [3.63, 3.8) is 0 Å². The lowest BCUT2D eigenvalue weighted by molar-refractivity contribution is -0.308. The molecule has 0 amide bonds. The molecule has 0 radical (unpaired) electrons. The standard InChI is InChI=1S/C12H16O2/c1-2-3-9-11(12(13)14)10-7-5-4-6-8-10/h4-8,11H,2-3,9H2,1H3,(H,13,14)/p-1. The SMILES string of the molecule is CCCCC(C(=O)[O-])c1ccccc1. The summed E-state index contributed by atoms with van der Waals surface area (Å²) < 4.78 is 0. The topological polar surface area (TPSA) is 40.1 Å². The Balaban J connectivity index is 2.73. The van der Waals surface area contributed by atoms with Crippen molar-refractivity contribution in [2.24, 2.45) is 0 Å². The fourth-order valence-electron chi connectivity index (χ4n) is 1.51. The number of benzene rings is 1. The molecule has 0 aliphatic carbocycles. The van der Waals surface area contributed by atoms with Gasteiger partial charge in [-0.1, -0.05) is 50.1 Å². The average molecular weight is 191 g/mol. The van der Waals surface area contributed by atoms with Gasteiger partial charge in [0.05, 0.1) is 0 Å². The molecular formula is C12H15O2-. The summed E-state index contributed by atoms with van der Waals surface area (Å²) in [6, 6.07) is 9.29. The molecule has 0 spiro atoms. The Morgan fingerprint density at radius 2 is 2.00 bits per heavy atom. The van der Waals surface area contributed by atoms with Crippen molar-refractivity contribution in [3.05, 3.63) is 35.9 Å². The Hall–Kier alpha value is -1.31. The summed E-state index contributed by atoms with van der Waals surface area (Å²) in [7, 11) is 0. The lowest BCUT2D eigenvalue weighted by Crippen LogP contribution is -2.29. The van der Waals surface area contributed by atoms with E-state index >= 15 is 0 Å².